The van der Waals surface area contributed by atoms with Crippen molar-refractivity contribution >= 4 is 37.8 Å². The summed E-state index contributed by atoms with van der Waals surface area (Å²) in [5, 5.41) is 17.7. The van der Waals surface area contributed by atoms with Gasteiger partial charge < -0.3 is 10.2 Å². The highest BCUT2D eigenvalue weighted by molar-refractivity contribution is 9.11. The van der Waals surface area contributed by atoms with Crippen molar-refractivity contribution in [2.75, 3.05) is 0 Å². The Bertz CT molecular complexity index is 423. The fraction of sp³-hybridized carbons (Fsp3) is 0.125. The molecule has 1 atom stereocenters. The third kappa shape index (κ3) is 2.35. The van der Waals surface area contributed by atoms with Gasteiger partial charge in [0, 0.05) is 5.56 Å². The van der Waals surface area contributed by atoms with Crippen molar-refractivity contribution in [3.05, 3.63) is 32.2 Å². The molecule has 0 aliphatic rings. The van der Waals surface area contributed by atoms with Crippen LogP contribution in [0.2, 0.25) is 0 Å². The molecule has 1 aromatic carbocycles. The molecule has 1 aromatic rings. The van der Waals surface area contributed by atoms with Crippen LogP contribution in [0.25, 0.3) is 0 Å². The minimum Gasteiger partial charge on any atom is -0.479 e. The molecular formula is C8H4Br2F2O3. The van der Waals surface area contributed by atoms with E-state index in [2.05, 4.69) is 31.9 Å². The van der Waals surface area contributed by atoms with Crippen LogP contribution in [-0.4, -0.2) is 16.2 Å². The first-order chi connectivity index (χ1) is 6.86. The summed E-state index contributed by atoms with van der Waals surface area (Å²) in [6, 6.07) is 1.00. The van der Waals surface area contributed by atoms with E-state index in [0.29, 0.717) is 0 Å². The Labute approximate surface area is 100.0 Å². The zero-order valence-corrected chi connectivity index (χ0v) is 10.1. The summed E-state index contributed by atoms with van der Waals surface area (Å²) in [5.41, 5.74) is -0.256. The molecule has 1 unspecified atom stereocenters. The SMILES string of the molecule is O=C(O)C(O)c1cc(Br)c(F)c(F)c1Br. The van der Waals surface area contributed by atoms with Crippen molar-refractivity contribution in [3.8, 4) is 0 Å². The average Bonchev–Trinajstić information content (AvgIpc) is 2.19. The van der Waals surface area contributed by atoms with Crippen molar-refractivity contribution in [2.45, 2.75) is 6.10 Å². The number of carbonyl (C=O) groups is 1. The molecule has 15 heavy (non-hydrogen) atoms. The molecule has 0 aliphatic heterocycles. The van der Waals surface area contributed by atoms with E-state index in [1.807, 2.05) is 0 Å². The van der Waals surface area contributed by atoms with E-state index in [0.717, 1.165) is 6.07 Å². The molecule has 0 amide bonds. The summed E-state index contributed by atoms with van der Waals surface area (Å²) in [6.07, 6.45) is -1.91. The Kier molecular flexibility index (Phi) is 3.80. The Hall–Kier alpha value is -0.530. The number of aliphatic hydroxyl groups excluding tert-OH is 1. The first-order valence-electron chi connectivity index (χ1n) is 3.60. The molecule has 0 aromatic heterocycles. The third-order valence-corrected chi connectivity index (χ3v) is 3.04. The highest BCUT2D eigenvalue weighted by Crippen LogP contribution is 2.32. The summed E-state index contributed by atoms with van der Waals surface area (Å²) in [4.78, 5) is 10.5. The lowest BCUT2D eigenvalue weighted by molar-refractivity contribution is -0.147. The second-order valence-corrected chi connectivity index (χ2v) is 4.28. The maximum atomic E-state index is 13.1. The summed E-state index contributed by atoms with van der Waals surface area (Å²) in [7, 11) is 0. The van der Waals surface area contributed by atoms with Gasteiger partial charge in [0.25, 0.3) is 0 Å². The van der Waals surface area contributed by atoms with Gasteiger partial charge in [0.1, 0.15) is 0 Å². The fourth-order valence-corrected chi connectivity index (χ4v) is 1.85. The minimum absolute atomic E-state index is 0.251. The molecule has 7 heteroatoms. The van der Waals surface area contributed by atoms with Gasteiger partial charge in [0.05, 0.1) is 8.95 Å². The molecular weight excluding hydrogens is 342 g/mol. The monoisotopic (exact) mass is 344 g/mol. The summed E-state index contributed by atoms with van der Waals surface area (Å²) in [5.74, 6) is -3.95. The Morgan fingerprint density at radius 2 is 1.87 bits per heavy atom. The lowest BCUT2D eigenvalue weighted by atomic mass is 10.1. The second kappa shape index (κ2) is 4.54. The number of benzene rings is 1. The topological polar surface area (TPSA) is 57.5 Å². The van der Waals surface area contributed by atoms with Crippen molar-refractivity contribution in [1.82, 2.24) is 0 Å². The van der Waals surface area contributed by atoms with Gasteiger partial charge >= 0.3 is 5.97 Å². The van der Waals surface area contributed by atoms with E-state index in [-0.39, 0.29) is 10.0 Å². The van der Waals surface area contributed by atoms with E-state index >= 15 is 0 Å². The first-order valence-corrected chi connectivity index (χ1v) is 5.18. The van der Waals surface area contributed by atoms with Crippen LogP contribution in [0.15, 0.2) is 15.0 Å². The van der Waals surface area contributed by atoms with Crippen LogP contribution < -0.4 is 0 Å². The molecule has 0 heterocycles. The molecule has 0 aliphatic carbocycles. The molecule has 0 fully saturated rings. The van der Waals surface area contributed by atoms with Crippen LogP contribution in [0, 0.1) is 11.6 Å². The van der Waals surface area contributed by atoms with Crippen LogP contribution in [0.4, 0.5) is 8.78 Å². The van der Waals surface area contributed by atoms with Gasteiger partial charge in [-0.2, -0.15) is 0 Å². The van der Waals surface area contributed by atoms with Crippen molar-refractivity contribution in [3.63, 3.8) is 0 Å². The molecule has 0 saturated heterocycles. The number of halogens is 4. The molecule has 0 spiro atoms. The van der Waals surface area contributed by atoms with Crippen molar-refractivity contribution in [1.29, 1.82) is 0 Å². The zero-order chi connectivity index (χ0) is 11.7. The molecule has 3 nitrogen and oxygen atoms in total. The van der Waals surface area contributed by atoms with Crippen molar-refractivity contribution < 1.29 is 23.8 Å². The Morgan fingerprint density at radius 3 is 2.33 bits per heavy atom. The summed E-state index contributed by atoms with van der Waals surface area (Å²) >= 11 is 5.38. The van der Waals surface area contributed by atoms with Crippen LogP contribution in [-0.2, 0) is 4.79 Å². The summed E-state index contributed by atoms with van der Waals surface area (Å²) in [6.45, 7) is 0. The number of rotatable bonds is 2. The number of hydrogen-bond donors (Lipinski definition) is 2. The largest absolute Gasteiger partial charge is 0.479 e. The molecule has 0 radical (unpaired) electrons. The van der Waals surface area contributed by atoms with Crippen molar-refractivity contribution in [2.24, 2.45) is 0 Å². The number of aliphatic hydroxyl groups is 1. The van der Waals surface area contributed by atoms with Gasteiger partial charge in [-0.05, 0) is 37.9 Å². The van der Waals surface area contributed by atoms with Gasteiger partial charge in [0.15, 0.2) is 17.7 Å². The maximum absolute atomic E-state index is 13.1. The molecule has 2 N–H and O–H groups in total. The van der Waals surface area contributed by atoms with Gasteiger partial charge in [-0.1, -0.05) is 0 Å². The Balaban J connectivity index is 3.38. The van der Waals surface area contributed by atoms with Gasteiger partial charge in [-0.15, -0.1) is 0 Å². The number of hydrogen-bond acceptors (Lipinski definition) is 2. The third-order valence-electron chi connectivity index (χ3n) is 1.66. The average molecular weight is 346 g/mol. The lowest BCUT2D eigenvalue weighted by Gasteiger charge is -2.10. The second-order valence-electron chi connectivity index (χ2n) is 2.63. The quantitative estimate of drug-likeness (QED) is 0.640. The predicted octanol–water partition coefficient (Wildman–Crippen LogP) is 2.61. The minimum atomic E-state index is -1.91. The van der Waals surface area contributed by atoms with Crippen LogP contribution in [0.1, 0.15) is 11.7 Å². The predicted molar refractivity (Wildman–Crippen MR) is 54.4 cm³/mol. The van der Waals surface area contributed by atoms with Gasteiger partial charge in [-0.25, -0.2) is 13.6 Å². The fourth-order valence-electron chi connectivity index (χ4n) is 0.923. The molecule has 0 saturated carbocycles. The van der Waals surface area contributed by atoms with Crippen LogP contribution >= 0.6 is 31.9 Å². The van der Waals surface area contributed by atoms with E-state index < -0.39 is 28.2 Å². The van der Waals surface area contributed by atoms with E-state index in [4.69, 9.17) is 5.11 Å². The standard InChI is InChI=1S/C8H4Br2F2O3/c9-3-1-2(7(13)8(14)15)4(10)6(12)5(3)11/h1,7,13H,(H,14,15). The molecule has 82 valence electrons. The first kappa shape index (κ1) is 12.5. The van der Waals surface area contributed by atoms with E-state index in [1.54, 1.807) is 0 Å². The smallest absolute Gasteiger partial charge is 0.337 e. The molecule has 0 bridgehead atoms. The zero-order valence-electron chi connectivity index (χ0n) is 6.97. The van der Waals surface area contributed by atoms with E-state index in [1.165, 1.54) is 0 Å². The van der Waals surface area contributed by atoms with Gasteiger partial charge in [0.2, 0.25) is 0 Å². The summed E-state index contributed by atoms with van der Waals surface area (Å²) < 4.78 is 25.4. The number of carboxylic acids is 1. The maximum Gasteiger partial charge on any atom is 0.337 e. The van der Waals surface area contributed by atoms with Crippen LogP contribution in [0.5, 0.6) is 0 Å². The highest BCUT2D eigenvalue weighted by Gasteiger charge is 2.24. The molecule has 1 rings (SSSR count). The highest BCUT2D eigenvalue weighted by atomic mass is 79.9. The van der Waals surface area contributed by atoms with E-state index in [9.17, 15) is 18.7 Å². The normalized spacial score (nSPS) is 12.6. The van der Waals surface area contributed by atoms with Crippen LogP contribution in [0.3, 0.4) is 0 Å². The number of aliphatic carboxylic acids is 1. The lowest BCUT2D eigenvalue weighted by Crippen LogP contribution is -2.12. The number of carboxylic acid groups (broad SMARTS) is 1. The van der Waals surface area contributed by atoms with Gasteiger partial charge in [-0.3, -0.25) is 0 Å². The Morgan fingerprint density at radius 1 is 1.33 bits per heavy atom.